The number of nitrogens with zero attached hydrogens (tertiary/aromatic N) is 1. The summed E-state index contributed by atoms with van der Waals surface area (Å²) < 4.78 is 26.2. The minimum Gasteiger partial charge on any atom is -0.389 e. The molecule has 20 heavy (non-hydrogen) atoms. The summed E-state index contributed by atoms with van der Waals surface area (Å²) in [5.41, 5.74) is -2.96. The predicted octanol–water partition coefficient (Wildman–Crippen LogP) is 2.14. The predicted molar refractivity (Wildman–Crippen MR) is 76.7 cm³/mol. The van der Waals surface area contributed by atoms with Gasteiger partial charge in [-0.25, -0.2) is 13.1 Å². The fourth-order valence-corrected chi connectivity index (χ4v) is 4.30. The van der Waals surface area contributed by atoms with Crippen molar-refractivity contribution in [3.05, 3.63) is 20.5 Å². The number of nitrogens with one attached hydrogen (secondary N) is 1. The van der Waals surface area contributed by atoms with Gasteiger partial charge in [0.05, 0.1) is 16.1 Å². The highest BCUT2D eigenvalue weighted by molar-refractivity contribution is 7.91. The van der Waals surface area contributed by atoms with Crippen molar-refractivity contribution >= 4 is 38.6 Å². The first kappa shape index (κ1) is 17.3. The Hall–Kier alpha value is -0.740. The SMILES string of the molecule is CC(C)(O)C(C)(C)NS(=O)(=O)c1cc([N+](=O)[O-])c(Cl)s1. The maximum Gasteiger partial charge on any atom is 0.300 e. The summed E-state index contributed by atoms with van der Waals surface area (Å²) in [4.78, 5) is 9.93. The average molecular weight is 343 g/mol. The topological polar surface area (TPSA) is 110 Å². The van der Waals surface area contributed by atoms with Gasteiger partial charge in [-0.05, 0) is 27.7 Å². The van der Waals surface area contributed by atoms with Gasteiger partial charge in [-0.3, -0.25) is 10.1 Å². The summed E-state index contributed by atoms with van der Waals surface area (Å²) >= 11 is 6.24. The molecule has 1 heterocycles. The second-order valence-corrected chi connectivity index (χ2v) is 8.83. The molecule has 0 saturated carbocycles. The summed E-state index contributed by atoms with van der Waals surface area (Å²) in [5.74, 6) is 0. The van der Waals surface area contributed by atoms with Crippen molar-refractivity contribution in [3.63, 3.8) is 0 Å². The van der Waals surface area contributed by atoms with Gasteiger partial charge in [-0.1, -0.05) is 11.6 Å². The van der Waals surface area contributed by atoms with E-state index < -0.39 is 31.8 Å². The number of thiophene rings is 1. The van der Waals surface area contributed by atoms with E-state index in [0.717, 1.165) is 6.07 Å². The Morgan fingerprint density at radius 3 is 2.25 bits per heavy atom. The highest BCUT2D eigenvalue weighted by Crippen LogP contribution is 2.37. The molecule has 1 rings (SSSR count). The fraction of sp³-hybridized carbons (Fsp3) is 0.600. The Labute approximate surface area is 125 Å². The van der Waals surface area contributed by atoms with E-state index in [1.165, 1.54) is 27.7 Å². The Kier molecular flexibility index (Phi) is 4.52. The zero-order valence-electron chi connectivity index (χ0n) is 11.3. The molecule has 0 radical (unpaired) electrons. The van der Waals surface area contributed by atoms with Crippen molar-refractivity contribution in [3.8, 4) is 0 Å². The van der Waals surface area contributed by atoms with Crippen molar-refractivity contribution in [2.75, 3.05) is 0 Å². The molecule has 0 saturated heterocycles. The monoisotopic (exact) mass is 342 g/mol. The molecule has 2 N–H and O–H groups in total. The molecule has 0 aliphatic carbocycles. The molecule has 114 valence electrons. The molecular formula is C10H15ClN2O5S2. The molecule has 1 aromatic heterocycles. The van der Waals surface area contributed by atoms with Gasteiger partial charge in [-0.15, -0.1) is 11.3 Å². The van der Waals surface area contributed by atoms with Gasteiger partial charge in [0.15, 0.2) is 4.34 Å². The van der Waals surface area contributed by atoms with Crippen molar-refractivity contribution in [1.82, 2.24) is 4.72 Å². The first-order valence-electron chi connectivity index (χ1n) is 5.48. The molecule has 0 aliphatic heterocycles. The van der Waals surface area contributed by atoms with E-state index in [0.29, 0.717) is 11.3 Å². The molecule has 7 nitrogen and oxygen atoms in total. The van der Waals surface area contributed by atoms with Crippen molar-refractivity contribution in [1.29, 1.82) is 0 Å². The van der Waals surface area contributed by atoms with Gasteiger partial charge < -0.3 is 5.11 Å². The van der Waals surface area contributed by atoms with Crippen LogP contribution in [0.1, 0.15) is 27.7 Å². The average Bonchev–Trinajstić information content (AvgIpc) is 2.57. The number of aliphatic hydroxyl groups is 1. The highest BCUT2D eigenvalue weighted by atomic mass is 35.5. The first-order chi connectivity index (χ1) is 8.78. The van der Waals surface area contributed by atoms with Crippen LogP contribution in [0.5, 0.6) is 0 Å². The van der Waals surface area contributed by atoms with Gasteiger partial charge in [-0.2, -0.15) is 0 Å². The molecule has 0 bridgehead atoms. The summed E-state index contributed by atoms with van der Waals surface area (Å²) in [6.07, 6.45) is 0. The van der Waals surface area contributed by atoms with Crippen molar-refractivity contribution in [2.24, 2.45) is 0 Å². The molecule has 0 unspecified atom stereocenters. The Balaban J connectivity index is 3.19. The second kappa shape index (κ2) is 5.23. The van der Waals surface area contributed by atoms with E-state index in [-0.39, 0.29) is 8.55 Å². The molecule has 0 fully saturated rings. The molecule has 0 aromatic carbocycles. The van der Waals surface area contributed by atoms with E-state index in [4.69, 9.17) is 11.6 Å². The van der Waals surface area contributed by atoms with Crippen LogP contribution in [0.4, 0.5) is 5.69 Å². The second-order valence-electron chi connectivity index (χ2n) is 5.27. The third-order valence-corrected chi connectivity index (χ3v) is 6.49. The number of hydrogen-bond acceptors (Lipinski definition) is 6. The normalized spacial score (nSPS) is 13.5. The van der Waals surface area contributed by atoms with Crippen LogP contribution in [0.15, 0.2) is 10.3 Å². The van der Waals surface area contributed by atoms with Gasteiger partial charge in [0.1, 0.15) is 4.21 Å². The smallest absolute Gasteiger partial charge is 0.300 e. The van der Waals surface area contributed by atoms with E-state index >= 15 is 0 Å². The molecule has 0 spiro atoms. The van der Waals surface area contributed by atoms with E-state index in [2.05, 4.69) is 4.72 Å². The molecule has 0 atom stereocenters. The van der Waals surface area contributed by atoms with E-state index in [9.17, 15) is 23.6 Å². The van der Waals surface area contributed by atoms with Gasteiger partial charge in [0, 0.05) is 6.07 Å². The zero-order valence-corrected chi connectivity index (χ0v) is 13.7. The molecular weight excluding hydrogens is 328 g/mol. The zero-order chi connectivity index (χ0) is 15.9. The number of nitro groups is 1. The first-order valence-corrected chi connectivity index (χ1v) is 8.16. The van der Waals surface area contributed by atoms with Crippen LogP contribution in [0.25, 0.3) is 0 Å². The Morgan fingerprint density at radius 1 is 1.40 bits per heavy atom. The van der Waals surface area contributed by atoms with Crippen molar-refractivity contribution < 1.29 is 18.4 Å². The van der Waals surface area contributed by atoms with E-state index in [1.54, 1.807) is 0 Å². The van der Waals surface area contributed by atoms with Crippen LogP contribution in [0, 0.1) is 10.1 Å². The molecule has 1 aromatic rings. The van der Waals surface area contributed by atoms with Crippen LogP contribution < -0.4 is 4.72 Å². The lowest BCUT2D eigenvalue weighted by Crippen LogP contribution is -2.57. The van der Waals surface area contributed by atoms with E-state index in [1.807, 2.05) is 0 Å². The lowest BCUT2D eigenvalue weighted by Gasteiger charge is -2.37. The standard InChI is InChI=1S/C10H15ClN2O5S2/c1-9(2,10(3,4)14)12-20(17,18)7-5-6(13(15)16)8(11)19-7/h5,12,14H,1-4H3. The largest absolute Gasteiger partial charge is 0.389 e. The van der Waals surface area contributed by atoms with Crippen LogP contribution >= 0.6 is 22.9 Å². The third kappa shape index (κ3) is 3.47. The Morgan fingerprint density at radius 2 is 1.90 bits per heavy atom. The lowest BCUT2D eigenvalue weighted by atomic mass is 9.87. The number of sulfonamides is 1. The van der Waals surface area contributed by atoms with Crippen LogP contribution in [-0.4, -0.2) is 29.6 Å². The van der Waals surface area contributed by atoms with Gasteiger partial charge in [0.2, 0.25) is 0 Å². The summed E-state index contributed by atoms with van der Waals surface area (Å²) in [5, 5.41) is 20.6. The summed E-state index contributed by atoms with van der Waals surface area (Å²) in [6, 6.07) is 0.899. The summed E-state index contributed by atoms with van der Waals surface area (Å²) in [7, 11) is -4.02. The van der Waals surface area contributed by atoms with Gasteiger partial charge in [0.25, 0.3) is 15.7 Å². The number of hydrogen-bond donors (Lipinski definition) is 2. The third-order valence-electron chi connectivity index (χ3n) is 3.03. The Bertz CT molecular complexity index is 631. The highest BCUT2D eigenvalue weighted by Gasteiger charge is 2.40. The van der Waals surface area contributed by atoms with Crippen LogP contribution in [0.3, 0.4) is 0 Å². The van der Waals surface area contributed by atoms with Gasteiger partial charge >= 0.3 is 0 Å². The molecule has 0 aliphatic rings. The number of rotatable bonds is 5. The quantitative estimate of drug-likeness (QED) is 0.629. The van der Waals surface area contributed by atoms with Crippen molar-refractivity contribution in [2.45, 2.75) is 43.0 Å². The maximum absolute atomic E-state index is 12.2. The molecule has 0 amide bonds. The lowest BCUT2D eigenvalue weighted by molar-refractivity contribution is -0.384. The number of halogens is 1. The molecule has 10 heteroatoms. The summed E-state index contributed by atoms with van der Waals surface area (Å²) in [6.45, 7) is 5.93. The minimum atomic E-state index is -4.02. The van der Waals surface area contributed by atoms with Crippen LogP contribution in [-0.2, 0) is 10.0 Å². The maximum atomic E-state index is 12.2. The fourth-order valence-electron chi connectivity index (χ4n) is 1.11. The van der Waals surface area contributed by atoms with Crippen LogP contribution in [0.2, 0.25) is 4.34 Å². The minimum absolute atomic E-state index is 0.212.